The van der Waals surface area contributed by atoms with Crippen molar-refractivity contribution in [2.75, 3.05) is 16.8 Å². The Hall–Kier alpha value is -2.46. The first-order valence-electron chi connectivity index (χ1n) is 9.05. The van der Waals surface area contributed by atoms with Gasteiger partial charge >= 0.3 is 6.61 Å². The molecular weight excluding hydrogens is 418 g/mol. The van der Waals surface area contributed by atoms with Crippen LogP contribution in [0, 0.1) is 0 Å². The van der Waals surface area contributed by atoms with E-state index >= 15 is 0 Å². The van der Waals surface area contributed by atoms with Crippen molar-refractivity contribution in [1.29, 1.82) is 0 Å². The zero-order chi connectivity index (χ0) is 20.4. The Morgan fingerprint density at radius 1 is 1.24 bits per heavy atom. The van der Waals surface area contributed by atoms with Gasteiger partial charge in [-0.1, -0.05) is 11.8 Å². The van der Waals surface area contributed by atoms with Gasteiger partial charge in [-0.3, -0.25) is 4.79 Å². The highest BCUT2D eigenvalue weighted by Gasteiger charge is 2.20. The summed E-state index contributed by atoms with van der Waals surface area (Å²) in [5.74, 6) is 0.339. The first-order chi connectivity index (χ1) is 14.0. The van der Waals surface area contributed by atoms with Crippen molar-refractivity contribution in [1.82, 2.24) is 9.97 Å². The molecule has 0 unspecified atom stereocenters. The number of benzene rings is 1. The highest BCUT2D eigenvalue weighted by atomic mass is 32.2. The van der Waals surface area contributed by atoms with Gasteiger partial charge in [-0.25, -0.2) is 9.97 Å². The average molecular weight is 437 g/mol. The number of nitrogens with zero attached hydrogens (tertiary/aromatic N) is 2. The van der Waals surface area contributed by atoms with E-state index in [0.717, 1.165) is 29.5 Å². The fraction of sp³-hybridized carbons (Fsp3) is 0.316. The van der Waals surface area contributed by atoms with Gasteiger partial charge in [0.15, 0.2) is 5.16 Å². The normalized spacial score (nSPS) is 13.5. The molecule has 10 heteroatoms. The molecule has 3 aromatic rings. The van der Waals surface area contributed by atoms with E-state index in [2.05, 4.69) is 20.0 Å². The molecule has 0 aliphatic heterocycles. The van der Waals surface area contributed by atoms with Crippen LogP contribution in [0.2, 0.25) is 0 Å². The van der Waals surface area contributed by atoms with Crippen LogP contribution >= 0.6 is 23.1 Å². The van der Waals surface area contributed by atoms with Gasteiger partial charge in [-0.05, 0) is 55.5 Å². The van der Waals surface area contributed by atoms with E-state index in [4.69, 9.17) is 5.73 Å². The van der Waals surface area contributed by atoms with Crippen molar-refractivity contribution in [3.8, 4) is 5.75 Å². The van der Waals surface area contributed by atoms with E-state index in [-0.39, 0.29) is 17.4 Å². The van der Waals surface area contributed by atoms with E-state index in [1.54, 1.807) is 11.3 Å². The summed E-state index contributed by atoms with van der Waals surface area (Å²) in [6, 6.07) is 5.73. The Balaban J connectivity index is 1.39. The average Bonchev–Trinajstić information content (AvgIpc) is 3.06. The number of rotatable bonds is 6. The molecule has 0 radical (unpaired) electrons. The number of amides is 1. The van der Waals surface area contributed by atoms with Crippen molar-refractivity contribution in [2.24, 2.45) is 0 Å². The molecule has 0 spiro atoms. The van der Waals surface area contributed by atoms with Crippen LogP contribution in [-0.4, -0.2) is 28.2 Å². The molecule has 0 bridgehead atoms. The molecular formula is C19H18F2N4O2S2. The standard InChI is InChI=1S/C19H18F2N4O2S2/c20-18(21)27-11-7-5-10(6-8-11)23-14(26)9-28-19-24-16(22)15-12-3-1-2-4-13(12)29-17(15)25-19/h5-8,18H,1-4,9H2,(H,23,26)(H2,22,24,25). The quantitative estimate of drug-likeness (QED) is 0.437. The first-order valence-corrected chi connectivity index (χ1v) is 10.8. The third kappa shape index (κ3) is 4.59. The Bertz CT molecular complexity index is 1040. The third-order valence-electron chi connectivity index (χ3n) is 4.52. The molecule has 29 heavy (non-hydrogen) atoms. The van der Waals surface area contributed by atoms with Crippen LogP contribution in [0.25, 0.3) is 10.2 Å². The van der Waals surface area contributed by atoms with Gasteiger partial charge in [-0.15, -0.1) is 11.3 Å². The number of aryl methyl sites for hydroxylation is 2. The number of thiophene rings is 1. The van der Waals surface area contributed by atoms with Crippen molar-refractivity contribution < 1.29 is 18.3 Å². The molecule has 6 nitrogen and oxygen atoms in total. The van der Waals surface area contributed by atoms with Crippen LogP contribution in [0.5, 0.6) is 5.75 Å². The van der Waals surface area contributed by atoms with Gasteiger partial charge in [0.2, 0.25) is 5.91 Å². The summed E-state index contributed by atoms with van der Waals surface area (Å²) in [5, 5.41) is 4.12. The predicted octanol–water partition coefficient (Wildman–Crippen LogP) is 4.48. The largest absolute Gasteiger partial charge is 0.435 e. The number of hydrogen-bond donors (Lipinski definition) is 2. The first kappa shape index (κ1) is 19.8. The molecule has 1 aliphatic carbocycles. The van der Waals surface area contributed by atoms with Gasteiger partial charge < -0.3 is 15.8 Å². The summed E-state index contributed by atoms with van der Waals surface area (Å²) in [5.41, 5.74) is 7.95. The molecule has 0 atom stereocenters. The van der Waals surface area contributed by atoms with Crippen LogP contribution in [0.3, 0.4) is 0 Å². The number of halogens is 2. The van der Waals surface area contributed by atoms with E-state index < -0.39 is 6.61 Å². The maximum Gasteiger partial charge on any atom is 0.387 e. The summed E-state index contributed by atoms with van der Waals surface area (Å²) in [6.07, 6.45) is 4.41. The molecule has 1 amide bonds. The minimum Gasteiger partial charge on any atom is -0.435 e. The molecule has 2 heterocycles. The molecule has 152 valence electrons. The number of thioether (sulfide) groups is 1. The van der Waals surface area contributed by atoms with Crippen LogP contribution in [0.1, 0.15) is 23.3 Å². The summed E-state index contributed by atoms with van der Waals surface area (Å²) < 4.78 is 28.6. The lowest BCUT2D eigenvalue weighted by molar-refractivity contribution is -0.113. The van der Waals surface area contributed by atoms with Gasteiger partial charge in [0.25, 0.3) is 0 Å². The maximum atomic E-state index is 12.2. The highest BCUT2D eigenvalue weighted by molar-refractivity contribution is 7.99. The third-order valence-corrected chi connectivity index (χ3v) is 6.55. The zero-order valence-electron chi connectivity index (χ0n) is 15.3. The van der Waals surface area contributed by atoms with Crippen LogP contribution in [-0.2, 0) is 17.6 Å². The number of hydrogen-bond acceptors (Lipinski definition) is 7. The van der Waals surface area contributed by atoms with E-state index in [0.29, 0.717) is 16.7 Å². The number of ether oxygens (including phenoxy) is 1. The number of nitrogens with one attached hydrogen (secondary N) is 1. The number of carbonyl (C=O) groups is 1. The number of nitrogen functional groups attached to an aromatic ring is 1. The number of alkyl halides is 2. The number of nitrogens with two attached hydrogens (primary N) is 1. The monoisotopic (exact) mass is 436 g/mol. The Morgan fingerprint density at radius 2 is 2.00 bits per heavy atom. The van der Waals surface area contributed by atoms with Gasteiger partial charge in [-0.2, -0.15) is 8.78 Å². The van der Waals surface area contributed by atoms with Crippen LogP contribution in [0.15, 0.2) is 29.4 Å². The van der Waals surface area contributed by atoms with Crippen molar-refractivity contribution in [3.05, 3.63) is 34.7 Å². The lowest BCUT2D eigenvalue weighted by Crippen LogP contribution is -2.14. The molecule has 0 saturated carbocycles. The van der Waals surface area contributed by atoms with E-state index in [9.17, 15) is 13.6 Å². The number of aromatic nitrogens is 2. The Labute approximate surface area is 173 Å². The molecule has 4 rings (SSSR count). The minimum atomic E-state index is -2.88. The number of anilines is 2. The number of fused-ring (bicyclic) bond motifs is 3. The fourth-order valence-electron chi connectivity index (χ4n) is 3.28. The summed E-state index contributed by atoms with van der Waals surface area (Å²) >= 11 is 2.86. The molecule has 1 aromatic carbocycles. The molecule has 1 aliphatic rings. The lowest BCUT2D eigenvalue weighted by atomic mass is 9.97. The van der Waals surface area contributed by atoms with E-state index in [1.807, 2.05) is 0 Å². The Kier molecular flexibility index (Phi) is 5.81. The number of carbonyl (C=O) groups excluding carboxylic acids is 1. The lowest BCUT2D eigenvalue weighted by Gasteiger charge is -2.10. The second-order valence-electron chi connectivity index (χ2n) is 6.52. The molecule has 0 saturated heterocycles. The van der Waals surface area contributed by atoms with Gasteiger partial charge in [0, 0.05) is 10.6 Å². The van der Waals surface area contributed by atoms with Crippen molar-refractivity contribution >= 4 is 50.7 Å². The Morgan fingerprint density at radius 3 is 2.76 bits per heavy atom. The van der Waals surface area contributed by atoms with Crippen molar-refractivity contribution in [3.63, 3.8) is 0 Å². The van der Waals surface area contributed by atoms with Gasteiger partial charge in [0.1, 0.15) is 16.4 Å². The van der Waals surface area contributed by atoms with Crippen LogP contribution in [0.4, 0.5) is 20.3 Å². The van der Waals surface area contributed by atoms with Crippen molar-refractivity contribution in [2.45, 2.75) is 37.5 Å². The summed E-state index contributed by atoms with van der Waals surface area (Å²) in [6.45, 7) is -2.88. The zero-order valence-corrected chi connectivity index (χ0v) is 16.9. The predicted molar refractivity (Wildman–Crippen MR) is 111 cm³/mol. The summed E-state index contributed by atoms with van der Waals surface area (Å²) in [7, 11) is 0. The smallest absolute Gasteiger partial charge is 0.387 e. The maximum absolute atomic E-state index is 12.2. The minimum absolute atomic E-state index is 0.0307. The van der Waals surface area contributed by atoms with E-state index in [1.165, 1.54) is 52.9 Å². The van der Waals surface area contributed by atoms with Gasteiger partial charge in [0.05, 0.1) is 11.1 Å². The summed E-state index contributed by atoms with van der Waals surface area (Å²) in [4.78, 5) is 23.4. The fourth-order valence-corrected chi connectivity index (χ4v) is 5.25. The van der Waals surface area contributed by atoms with Crippen LogP contribution < -0.4 is 15.8 Å². The highest BCUT2D eigenvalue weighted by Crippen LogP contribution is 2.38. The topological polar surface area (TPSA) is 90.1 Å². The molecule has 0 fully saturated rings. The molecule has 3 N–H and O–H groups in total. The second-order valence-corrected chi connectivity index (χ2v) is 8.55. The molecule has 2 aromatic heterocycles. The second kappa shape index (κ2) is 8.50. The SMILES string of the molecule is Nc1nc(SCC(=O)Nc2ccc(OC(F)F)cc2)nc2sc3c(c12)CCCC3.